The van der Waals surface area contributed by atoms with Crippen LogP contribution < -0.4 is 10.5 Å². The molecule has 1 aromatic carbocycles. The number of ether oxygens (including phenoxy) is 1. The van der Waals surface area contributed by atoms with Crippen molar-refractivity contribution in [3.05, 3.63) is 33.9 Å². The summed E-state index contributed by atoms with van der Waals surface area (Å²) in [4.78, 5) is 10.5. The first-order valence-electron chi connectivity index (χ1n) is 5.73. The quantitative estimate of drug-likeness (QED) is 0.644. The third kappa shape index (κ3) is 2.74. The second-order valence-corrected chi connectivity index (χ2v) is 4.54. The molecule has 92 valence electrons. The Morgan fingerprint density at radius 1 is 1.47 bits per heavy atom. The molecule has 0 bridgehead atoms. The molecule has 0 aliphatic heterocycles. The van der Waals surface area contributed by atoms with Gasteiger partial charge in [-0.25, -0.2) is 0 Å². The molecule has 0 radical (unpaired) electrons. The Balaban J connectivity index is 2.19. The summed E-state index contributed by atoms with van der Waals surface area (Å²) in [6.45, 7) is 1.89. The van der Waals surface area contributed by atoms with E-state index in [0.717, 1.165) is 24.8 Å². The summed E-state index contributed by atoms with van der Waals surface area (Å²) in [6, 6.07) is 5.07. The second-order valence-electron chi connectivity index (χ2n) is 4.54. The number of nitro groups is 1. The monoisotopic (exact) mass is 236 g/mol. The van der Waals surface area contributed by atoms with E-state index in [-0.39, 0.29) is 17.8 Å². The van der Waals surface area contributed by atoms with Gasteiger partial charge in [0.15, 0.2) is 5.75 Å². The Morgan fingerprint density at radius 2 is 2.24 bits per heavy atom. The predicted molar refractivity (Wildman–Crippen MR) is 64.1 cm³/mol. The van der Waals surface area contributed by atoms with Gasteiger partial charge in [-0.3, -0.25) is 10.1 Å². The highest BCUT2D eigenvalue weighted by Gasteiger charge is 2.26. The second kappa shape index (κ2) is 4.71. The highest BCUT2D eigenvalue weighted by atomic mass is 16.6. The molecular formula is C12H16N2O3. The maximum absolute atomic E-state index is 10.9. The van der Waals surface area contributed by atoms with Crippen LogP contribution in [0.25, 0.3) is 0 Å². The summed E-state index contributed by atoms with van der Waals surface area (Å²) in [5, 5.41) is 10.9. The zero-order valence-corrected chi connectivity index (χ0v) is 9.76. The van der Waals surface area contributed by atoms with Gasteiger partial charge in [0, 0.05) is 12.1 Å². The maximum atomic E-state index is 10.9. The van der Waals surface area contributed by atoms with Gasteiger partial charge in [-0.05, 0) is 37.8 Å². The van der Waals surface area contributed by atoms with Crippen LogP contribution in [0.3, 0.4) is 0 Å². The number of rotatable bonds is 3. The summed E-state index contributed by atoms with van der Waals surface area (Å²) in [6.07, 6.45) is 2.56. The minimum Gasteiger partial charge on any atom is -0.483 e. The lowest BCUT2D eigenvalue weighted by molar-refractivity contribution is -0.386. The SMILES string of the molecule is Cc1ccc([N+](=O)[O-])c(OC2CCC(N)C2)c1. The Bertz CT molecular complexity index is 434. The van der Waals surface area contributed by atoms with Crippen molar-refractivity contribution in [3.63, 3.8) is 0 Å². The average Bonchev–Trinajstić information content (AvgIpc) is 2.63. The third-order valence-electron chi connectivity index (χ3n) is 3.03. The van der Waals surface area contributed by atoms with Crippen molar-refractivity contribution in [2.24, 2.45) is 5.73 Å². The summed E-state index contributed by atoms with van der Waals surface area (Å²) >= 11 is 0. The van der Waals surface area contributed by atoms with Crippen LogP contribution in [0.1, 0.15) is 24.8 Å². The molecule has 1 aliphatic rings. The minimum absolute atomic E-state index is 0.00509. The molecular weight excluding hydrogens is 220 g/mol. The first kappa shape index (κ1) is 11.9. The first-order valence-corrected chi connectivity index (χ1v) is 5.73. The van der Waals surface area contributed by atoms with Crippen molar-refractivity contribution in [2.45, 2.75) is 38.3 Å². The molecule has 0 spiro atoms. The number of aryl methyl sites for hydroxylation is 1. The maximum Gasteiger partial charge on any atom is 0.310 e. The molecule has 1 aromatic rings. The van der Waals surface area contributed by atoms with E-state index in [1.165, 1.54) is 6.07 Å². The summed E-state index contributed by atoms with van der Waals surface area (Å²) in [5.41, 5.74) is 6.77. The molecule has 0 heterocycles. The fraction of sp³-hybridized carbons (Fsp3) is 0.500. The third-order valence-corrected chi connectivity index (χ3v) is 3.03. The molecule has 0 aromatic heterocycles. The zero-order valence-electron chi connectivity index (χ0n) is 9.76. The standard InChI is InChI=1S/C12H16N2O3/c1-8-2-5-11(14(15)16)12(6-8)17-10-4-3-9(13)7-10/h2,5-6,9-10H,3-4,7,13H2,1H3. The largest absolute Gasteiger partial charge is 0.483 e. The van der Waals surface area contributed by atoms with Crippen molar-refractivity contribution in [1.82, 2.24) is 0 Å². The lowest BCUT2D eigenvalue weighted by Gasteiger charge is -2.13. The van der Waals surface area contributed by atoms with Gasteiger partial charge in [0.1, 0.15) is 6.10 Å². The van der Waals surface area contributed by atoms with Crippen LogP contribution in [0.5, 0.6) is 5.75 Å². The molecule has 17 heavy (non-hydrogen) atoms. The summed E-state index contributed by atoms with van der Waals surface area (Å²) < 4.78 is 5.70. The highest BCUT2D eigenvalue weighted by Crippen LogP contribution is 2.31. The van der Waals surface area contributed by atoms with E-state index in [9.17, 15) is 10.1 Å². The topological polar surface area (TPSA) is 78.4 Å². The van der Waals surface area contributed by atoms with Gasteiger partial charge < -0.3 is 10.5 Å². The van der Waals surface area contributed by atoms with Crippen molar-refractivity contribution < 1.29 is 9.66 Å². The Kier molecular flexibility index (Phi) is 3.28. The first-order chi connectivity index (χ1) is 8.06. The predicted octanol–water partition coefficient (Wildman–Crippen LogP) is 2.16. The molecule has 0 saturated heterocycles. The van der Waals surface area contributed by atoms with Gasteiger partial charge in [-0.15, -0.1) is 0 Å². The normalized spacial score (nSPS) is 23.6. The molecule has 2 unspecified atom stereocenters. The fourth-order valence-corrected chi connectivity index (χ4v) is 2.13. The van der Waals surface area contributed by atoms with Crippen LogP contribution in [0.4, 0.5) is 5.69 Å². The fourth-order valence-electron chi connectivity index (χ4n) is 2.13. The molecule has 5 heteroatoms. The van der Waals surface area contributed by atoms with E-state index in [1.54, 1.807) is 12.1 Å². The number of nitrogens with two attached hydrogens (primary N) is 1. The number of nitro benzene ring substituents is 1. The van der Waals surface area contributed by atoms with E-state index in [2.05, 4.69) is 0 Å². The Morgan fingerprint density at radius 3 is 2.82 bits per heavy atom. The summed E-state index contributed by atoms with van der Waals surface area (Å²) in [7, 11) is 0. The number of benzene rings is 1. The van der Waals surface area contributed by atoms with Crippen LogP contribution in [0.15, 0.2) is 18.2 Å². The lowest BCUT2D eigenvalue weighted by atomic mass is 10.2. The smallest absolute Gasteiger partial charge is 0.310 e. The van der Waals surface area contributed by atoms with Gasteiger partial charge in [0.2, 0.25) is 0 Å². The highest BCUT2D eigenvalue weighted by molar-refractivity contribution is 5.48. The van der Waals surface area contributed by atoms with E-state index in [4.69, 9.17) is 10.5 Å². The number of hydrogen-bond donors (Lipinski definition) is 1. The van der Waals surface area contributed by atoms with Gasteiger partial charge >= 0.3 is 5.69 Å². The van der Waals surface area contributed by atoms with E-state index in [0.29, 0.717) is 5.75 Å². The van der Waals surface area contributed by atoms with Gasteiger partial charge in [0.05, 0.1) is 4.92 Å². The molecule has 0 amide bonds. The van der Waals surface area contributed by atoms with E-state index < -0.39 is 4.92 Å². The van der Waals surface area contributed by atoms with Gasteiger partial charge in [0.25, 0.3) is 0 Å². The van der Waals surface area contributed by atoms with Crippen molar-refractivity contribution in [1.29, 1.82) is 0 Å². The number of hydrogen-bond acceptors (Lipinski definition) is 4. The molecule has 2 N–H and O–H groups in total. The van der Waals surface area contributed by atoms with Crippen molar-refractivity contribution in [3.8, 4) is 5.75 Å². The molecule has 1 fully saturated rings. The minimum atomic E-state index is -0.413. The van der Waals surface area contributed by atoms with E-state index >= 15 is 0 Å². The van der Waals surface area contributed by atoms with Crippen LogP contribution in [-0.4, -0.2) is 17.1 Å². The zero-order chi connectivity index (χ0) is 12.4. The van der Waals surface area contributed by atoms with Crippen LogP contribution in [-0.2, 0) is 0 Å². The molecule has 2 rings (SSSR count). The van der Waals surface area contributed by atoms with E-state index in [1.807, 2.05) is 6.92 Å². The molecule has 2 atom stereocenters. The Hall–Kier alpha value is -1.62. The van der Waals surface area contributed by atoms with Gasteiger partial charge in [-0.1, -0.05) is 6.07 Å². The molecule has 1 aliphatic carbocycles. The molecule has 5 nitrogen and oxygen atoms in total. The lowest BCUT2D eigenvalue weighted by Crippen LogP contribution is -2.19. The van der Waals surface area contributed by atoms with Crippen LogP contribution >= 0.6 is 0 Å². The number of nitrogens with zero attached hydrogens (tertiary/aromatic N) is 1. The average molecular weight is 236 g/mol. The van der Waals surface area contributed by atoms with Crippen LogP contribution in [0, 0.1) is 17.0 Å². The van der Waals surface area contributed by atoms with Crippen LogP contribution in [0.2, 0.25) is 0 Å². The van der Waals surface area contributed by atoms with Crippen molar-refractivity contribution in [2.75, 3.05) is 0 Å². The summed E-state index contributed by atoms with van der Waals surface area (Å²) in [5.74, 6) is 0.356. The molecule has 1 saturated carbocycles. The van der Waals surface area contributed by atoms with Crippen molar-refractivity contribution >= 4 is 5.69 Å². The van der Waals surface area contributed by atoms with Gasteiger partial charge in [-0.2, -0.15) is 0 Å². The Labute approximate surface area is 99.7 Å².